The van der Waals surface area contributed by atoms with Gasteiger partial charge in [0.15, 0.2) is 0 Å². The summed E-state index contributed by atoms with van der Waals surface area (Å²) in [5.41, 5.74) is 1.58. The molecule has 7 N–H and O–H groups in total. The Morgan fingerprint density at radius 1 is 0.771 bits per heavy atom. The lowest BCUT2D eigenvalue weighted by Gasteiger charge is -2.19. The fourth-order valence-corrected chi connectivity index (χ4v) is 7.19. The minimum atomic E-state index is -1.27. The number of rotatable bonds is 25. The number of hydrogen-bond acceptors (Lipinski definition) is 16. The number of imide groups is 1. The average Bonchev–Trinajstić information content (AvgIpc) is 3.96. The maximum atomic E-state index is 13.7. The molecule has 2 aromatic heterocycles. The summed E-state index contributed by atoms with van der Waals surface area (Å²) in [5, 5.41) is 37.5. The largest absolute Gasteiger partial charge is 0.494 e. The molecule has 0 spiro atoms. The Balaban J connectivity index is 1.52. The molecule has 3 heterocycles. The zero-order valence-electron chi connectivity index (χ0n) is 39.9. The number of carboxylic acid groups (broad SMARTS) is 1. The molecule has 370 valence electrons. The number of ether oxygens (including phenoxy) is 3. The highest BCUT2D eigenvalue weighted by Crippen LogP contribution is 2.33. The first-order valence-corrected chi connectivity index (χ1v) is 22.0. The molecule has 1 aliphatic rings. The van der Waals surface area contributed by atoms with Crippen LogP contribution in [-0.4, -0.2) is 141 Å². The first-order valence-electron chi connectivity index (χ1n) is 22.0. The maximum absolute atomic E-state index is 13.7. The molecule has 0 unspecified atom stereocenters. The van der Waals surface area contributed by atoms with Crippen LogP contribution in [0.15, 0.2) is 72.1 Å². The van der Waals surface area contributed by atoms with Crippen molar-refractivity contribution in [2.24, 2.45) is 0 Å². The summed E-state index contributed by atoms with van der Waals surface area (Å²) in [6.07, 6.45) is 8.68. The molecule has 0 bridgehead atoms. The lowest BCUT2D eigenvalue weighted by atomic mass is 10.2. The Labute approximate surface area is 402 Å². The first-order chi connectivity index (χ1) is 33.4. The van der Waals surface area contributed by atoms with E-state index >= 15 is 0 Å². The minimum Gasteiger partial charge on any atom is -0.494 e. The van der Waals surface area contributed by atoms with Crippen LogP contribution in [0, 0.1) is 10.8 Å². The van der Waals surface area contributed by atoms with Crippen molar-refractivity contribution >= 4 is 86.9 Å². The van der Waals surface area contributed by atoms with Crippen LogP contribution in [0.5, 0.6) is 11.5 Å². The molecule has 23 nitrogen and oxygen atoms in total. The molecule has 0 aliphatic carbocycles. The van der Waals surface area contributed by atoms with Gasteiger partial charge in [-0.25, -0.2) is 19.6 Å². The molecule has 5 amide bonds. The van der Waals surface area contributed by atoms with Gasteiger partial charge in [-0.1, -0.05) is 12.2 Å². The van der Waals surface area contributed by atoms with Gasteiger partial charge in [0.25, 0.3) is 23.6 Å². The SMILES string of the molecule is CCN/C(=C\C(C)=N)C(=O)Nc1nc2cc(C(=O)OC)cc(OC)c2n1C/C=C/Cn1c(NC(=O)/C(=C/C(C)=N)NCC)nc2cc(C(=O)O)cc(OCCCN(C)C(=O)CCN3C(=O)C=CC3=O)c21. The lowest BCUT2D eigenvalue weighted by Crippen LogP contribution is -2.36. The molecule has 23 heteroatoms. The highest BCUT2D eigenvalue weighted by atomic mass is 16.5. The smallest absolute Gasteiger partial charge is 0.338 e. The van der Waals surface area contributed by atoms with E-state index in [-0.39, 0.29) is 120 Å². The van der Waals surface area contributed by atoms with Gasteiger partial charge in [0.2, 0.25) is 17.8 Å². The van der Waals surface area contributed by atoms with E-state index in [0.29, 0.717) is 24.1 Å². The molecule has 4 aromatic rings. The van der Waals surface area contributed by atoms with Crippen LogP contribution < -0.4 is 30.7 Å². The molecule has 0 saturated heterocycles. The highest BCUT2D eigenvalue weighted by Gasteiger charge is 2.26. The molecule has 0 atom stereocenters. The third-order valence-corrected chi connectivity index (χ3v) is 10.4. The number of hydrogen-bond donors (Lipinski definition) is 7. The number of aromatic nitrogens is 4. The van der Waals surface area contributed by atoms with Gasteiger partial charge in [-0.3, -0.25) is 39.5 Å². The van der Waals surface area contributed by atoms with Gasteiger partial charge >= 0.3 is 11.9 Å². The number of nitrogens with one attached hydrogen (secondary N) is 6. The van der Waals surface area contributed by atoms with Crippen molar-refractivity contribution < 1.29 is 52.9 Å². The van der Waals surface area contributed by atoms with E-state index in [1.54, 1.807) is 42.2 Å². The van der Waals surface area contributed by atoms with Gasteiger partial charge in [0.1, 0.15) is 33.9 Å². The number of methoxy groups -OCH3 is 2. The molecule has 0 fully saturated rings. The molecule has 0 radical (unpaired) electrons. The van der Waals surface area contributed by atoms with E-state index in [0.717, 1.165) is 17.1 Å². The molecule has 70 heavy (non-hydrogen) atoms. The Morgan fingerprint density at radius 3 is 1.74 bits per heavy atom. The summed E-state index contributed by atoms with van der Waals surface area (Å²) in [5.74, 6) is -4.01. The number of carbonyl (C=O) groups is 7. The van der Waals surface area contributed by atoms with Gasteiger partial charge in [-0.2, -0.15) is 0 Å². The second-order valence-electron chi connectivity index (χ2n) is 15.6. The third-order valence-electron chi connectivity index (χ3n) is 10.4. The quantitative estimate of drug-likeness (QED) is 0.0125. The number of aromatic carboxylic acids is 1. The Bertz CT molecular complexity index is 2850. The van der Waals surface area contributed by atoms with Crippen LogP contribution in [0.25, 0.3) is 22.1 Å². The van der Waals surface area contributed by atoms with Crippen molar-refractivity contribution in [1.82, 2.24) is 39.5 Å². The molecule has 5 rings (SSSR count). The number of fused-ring (bicyclic) bond motifs is 2. The van der Waals surface area contributed by atoms with Gasteiger partial charge in [-0.15, -0.1) is 0 Å². The van der Waals surface area contributed by atoms with Crippen LogP contribution in [0.2, 0.25) is 0 Å². The van der Waals surface area contributed by atoms with Crippen molar-refractivity contribution in [2.45, 2.75) is 53.6 Å². The predicted molar refractivity (Wildman–Crippen MR) is 259 cm³/mol. The lowest BCUT2D eigenvalue weighted by molar-refractivity contribution is -0.138. The monoisotopic (exact) mass is 964 g/mol. The molecular weight excluding hydrogens is 909 g/mol. The Kier molecular flexibility index (Phi) is 17.9. The maximum Gasteiger partial charge on any atom is 0.338 e. The van der Waals surface area contributed by atoms with Crippen molar-refractivity contribution in [3.05, 3.63) is 83.2 Å². The summed E-state index contributed by atoms with van der Waals surface area (Å²) >= 11 is 0. The first kappa shape index (κ1) is 52.3. The number of esters is 1. The number of likely N-dealkylation sites (N-methyl/N-ethyl adjacent to an activating group) is 2. The minimum absolute atomic E-state index is 0.00115. The number of benzene rings is 2. The number of carbonyl (C=O) groups excluding carboxylic acids is 6. The normalized spacial score (nSPS) is 12.7. The van der Waals surface area contributed by atoms with Crippen LogP contribution in [0.4, 0.5) is 11.9 Å². The van der Waals surface area contributed by atoms with E-state index in [9.17, 15) is 38.7 Å². The van der Waals surface area contributed by atoms with E-state index in [1.807, 2.05) is 0 Å². The number of nitrogens with zero attached hydrogens (tertiary/aromatic N) is 6. The van der Waals surface area contributed by atoms with Crippen molar-refractivity contribution in [2.75, 3.05) is 64.7 Å². The summed E-state index contributed by atoms with van der Waals surface area (Å²) in [6.45, 7) is 7.55. The molecule has 0 saturated carbocycles. The van der Waals surface area contributed by atoms with Crippen molar-refractivity contribution in [1.29, 1.82) is 10.8 Å². The fourth-order valence-electron chi connectivity index (χ4n) is 7.19. The van der Waals surface area contributed by atoms with Crippen molar-refractivity contribution in [3.63, 3.8) is 0 Å². The number of allylic oxidation sites excluding steroid dienone is 4. The second-order valence-corrected chi connectivity index (χ2v) is 15.6. The van der Waals surface area contributed by atoms with E-state index in [2.05, 4.69) is 31.2 Å². The fraction of sp³-hybridized carbons (Fsp3) is 0.340. The number of imidazole rings is 2. The molecule has 2 aromatic carbocycles. The summed E-state index contributed by atoms with van der Waals surface area (Å²) in [4.78, 5) is 101. The number of amides is 5. The third kappa shape index (κ3) is 12.9. The molecule has 1 aliphatic heterocycles. The van der Waals surface area contributed by atoms with Crippen LogP contribution in [0.1, 0.15) is 61.3 Å². The number of anilines is 2. The zero-order chi connectivity index (χ0) is 51.2. The summed E-state index contributed by atoms with van der Waals surface area (Å²) < 4.78 is 20.1. The van der Waals surface area contributed by atoms with E-state index < -0.39 is 35.6 Å². The van der Waals surface area contributed by atoms with Crippen LogP contribution >= 0.6 is 0 Å². The Hall–Kier alpha value is -8.63. The number of carboxylic acids is 1. The zero-order valence-corrected chi connectivity index (χ0v) is 39.9. The van der Waals surface area contributed by atoms with Gasteiger partial charge in [0.05, 0.1) is 43.0 Å². The van der Waals surface area contributed by atoms with E-state index in [4.69, 9.17) is 25.0 Å². The second kappa shape index (κ2) is 23.9. The van der Waals surface area contributed by atoms with Gasteiger partial charge in [-0.05, 0) is 70.5 Å². The van der Waals surface area contributed by atoms with Gasteiger partial charge < -0.3 is 54.8 Å². The van der Waals surface area contributed by atoms with Crippen LogP contribution in [0.3, 0.4) is 0 Å². The van der Waals surface area contributed by atoms with Crippen molar-refractivity contribution in [3.8, 4) is 11.5 Å². The average molecular weight is 965 g/mol. The summed E-state index contributed by atoms with van der Waals surface area (Å²) in [6, 6.07) is 5.63. The van der Waals surface area contributed by atoms with Gasteiger partial charge in [0, 0.05) is 76.3 Å². The van der Waals surface area contributed by atoms with Crippen LogP contribution in [-0.2, 0) is 41.8 Å². The predicted octanol–water partition coefficient (Wildman–Crippen LogP) is 3.62. The topological polar surface area (TPSA) is 305 Å². The highest BCUT2D eigenvalue weighted by molar-refractivity contribution is 6.13. The Morgan fingerprint density at radius 2 is 1.27 bits per heavy atom. The standard InChI is InChI=1S/C47H56N12O11/c1-8-50-33(21-27(3)48)42(63)54-46-53-32-24-30(45(67)69-7)26-35(68-6)40(32)58(46)17-10-11-18-59-41-31(52-47(59)55-43(64)34(51-9-2)22-28(4)49)23-29(44(65)66)25-36(41)70-20-12-16-56(5)37(60)15-19-57-38(61)13-14-39(57)62/h10-11,13-14,21-26,48-51H,8-9,12,15-20H2,1-7H3,(H,65,66)(H,52,55,64)(H,53,54,63)/b11-10+,33-21-,34-22-,48-27?,49-28?. The molecular formula is C47H56N12O11. The summed E-state index contributed by atoms with van der Waals surface area (Å²) in [7, 11) is 4.22. The van der Waals surface area contributed by atoms with E-state index in [1.165, 1.54) is 69.4 Å².